The maximum atomic E-state index is 12.7. The van der Waals surface area contributed by atoms with Gasteiger partial charge in [-0.15, -0.1) is 0 Å². The first kappa shape index (κ1) is 27.4. The fourth-order valence-corrected chi connectivity index (χ4v) is 2.71. The molecule has 0 heterocycles. The first-order valence-electron chi connectivity index (χ1n) is 11.3. The van der Waals surface area contributed by atoms with E-state index in [4.69, 9.17) is 14.6 Å². The molecular weight excluding hydrogens is 414 g/mol. The van der Waals surface area contributed by atoms with Gasteiger partial charge in [0.15, 0.2) is 0 Å². The smallest absolute Gasteiger partial charge is 0.251 e. The quantitative estimate of drug-likeness (QED) is 0.265. The van der Waals surface area contributed by atoms with Crippen LogP contribution in [0.5, 0.6) is 5.75 Å². The maximum Gasteiger partial charge on any atom is 0.251 e. The number of unbranched alkanes of at least 4 members (excludes halogenated alkanes) is 2. The van der Waals surface area contributed by atoms with Crippen molar-refractivity contribution in [3.05, 3.63) is 29.8 Å². The topological polar surface area (TPSA) is 126 Å². The maximum absolute atomic E-state index is 12.7. The van der Waals surface area contributed by atoms with E-state index in [1.54, 1.807) is 24.3 Å². The first-order valence-corrected chi connectivity index (χ1v) is 11.3. The van der Waals surface area contributed by atoms with Crippen LogP contribution in [-0.4, -0.2) is 68.4 Å². The van der Waals surface area contributed by atoms with E-state index < -0.39 is 11.9 Å². The number of carbonyl (C=O) groups excluding carboxylic acids is 3. The van der Waals surface area contributed by atoms with E-state index in [2.05, 4.69) is 16.0 Å². The molecule has 0 fully saturated rings. The summed E-state index contributed by atoms with van der Waals surface area (Å²) >= 11 is 0. The van der Waals surface area contributed by atoms with E-state index in [9.17, 15) is 14.4 Å². The molecule has 0 radical (unpaired) electrons. The highest BCUT2D eigenvalue weighted by Crippen LogP contribution is 2.12. The predicted molar refractivity (Wildman–Crippen MR) is 122 cm³/mol. The summed E-state index contributed by atoms with van der Waals surface area (Å²) in [5.41, 5.74) is 0.353. The molecule has 1 aromatic carbocycles. The molecule has 1 aromatic rings. The number of rotatable bonds is 17. The molecule has 0 unspecified atom stereocenters. The molecule has 9 nitrogen and oxygen atoms in total. The van der Waals surface area contributed by atoms with Crippen LogP contribution in [-0.2, 0) is 14.3 Å². The molecule has 0 spiro atoms. The van der Waals surface area contributed by atoms with Crippen LogP contribution in [0.1, 0.15) is 56.3 Å². The van der Waals surface area contributed by atoms with Gasteiger partial charge in [0.05, 0.1) is 26.2 Å². The fraction of sp³-hybridized carbons (Fsp3) is 0.609. The molecule has 0 bridgehead atoms. The van der Waals surface area contributed by atoms with Crippen molar-refractivity contribution in [1.82, 2.24) is 16.0 Å². The van der Waals surface area contributed by atoms with Gasteiger partial charge in [0.1, 0.15) is 18.4 Å². The third kappa shape index (κ3) is 11.7. The molecule has 3 amide bonds. The lowest BCUT2D eigenvalue weighted by molar-refractivity contribution is -0.128. The molecule has 0 saturated heterocycles. The summed E-state index contributed by atoms with van der Waals surface area (Å²) in [4.78, 5) is 37.4. The van der Waals surface area contributed by atoms with Crippen molar-refractivity contribution in [1.29, 1.82) is 0 Å². The number of hydrogen-bond donors (Lipinski definition) is 4. The SMILES string of the molecule is CCCCNC(=O)C[C@H](NC(=O)c1ccc(OCCOCCO)cc1)C(=O)NCCCC. The molecule has 0 aliphatic rings. The van der Waals surface area contributed by atoms with E-state index in [0.29, 0.717) is 37.6 Å². The Hall–Kier alpha value is -2.65. The van der Waals surface area contributed by atoms with Crippen molar-refractivity contribution in [2.75, 3.05) is 39.5 Å². The van der Waals surface area contributed by atoms with Crippen LogP contribution < -0.4 is 20.7 Å². The molecule has 1 rings (SSSR count). The first-order chi connectivity index (χ1) is 15.5. The lowest BCUT2D eigenvalue weighted by atomic mass is 10.1. The van der Waals surface area contributed by atoms with E-state index in [-0.39, 0.29) is 31.4 Å². The van der Waals surface area contributed by atoms with Gasteiger partial charge < -0.3 is 30.5 Å². The van der Waals surface area contributed by atoms with Crippen LogP contribution in [0, 0.1) is 0 Å². The van der Waals surface area contributed by atoms with Gasteiger partial charge in [0.25, 0.3) is 5.91 Å². The summed E-state index contributed by atoms with van der Waals surface area (Å²) < 4.78 is 10.6. The van der Waals surface area contributed by atoms with E-state index in [1.807, 2.05) is 13.8 Å². The second-order valence-electron chi connectivity index (χ2n) is 7.29. The third-order valence-electron chi connectivity index (χ3n) is 4.54. The minimum Gasteiger partial charge on any atom is -0.491 e. The van der Waals surface area contributed by atoms with Crippen LogP contribution in [0.15, 0.2) is 24.3 Å². The normalized spacial score (nSPS) is 11.5. The standard InChI is InChI=1S/C23H37N3O6/c1-3-5-11-24-21(28)17-20(23(30)25-12-6-4-2)26-22(29)18-7-9-19(10-8-18)32-16-15-31-14-13-27/h7-10,20,27H,3-6,11-17H2,1-2H3,(H,24,28)(H,25,30)(H,26,29)/t20-/m0/s1. The number of nitrogens with one attached hydrogen (secondary N) is 3. The summed E-state index contributed by atoms with van der Waals surface area (Å²) in [6.45, 7) is 5.96. The zero-order chi connectivity index (χ0) is 23.6. The lowest BCUT2D eigenvalue weighted by Gasteiger charge is -2.18. The second kappa shape index (κ2) is 17.0. The summed E-state index contributed by atoms with van der Waals surface area (Å²) in [6, 6.07) is 5.52. The van der Waals surface area contributed by atoms with Crippen molar-refractivity contribution in [3.8, 4) is 5.75 Å². The molecular formula is C23H37N3O6. The summed E-state index contributed by atoms with van der Waals surface area (Å²) in [7, 11) is 0. The number of aliphatic hydroxyl groups excluding tert-OH is 1. The molecule has 180 valence electrons. The Labute approximate surface area is 190 Å². The molecule has 0 aliphatic heterocycles. The highest BCUT2D eigenvalue weighted by Gasteiger charge is 2.24. The number of aliphatic hydroxyl groups is 1. The van der Waals surface area contributed by atoms with Gasteiger partial charge in [-0.3, -0.25) is 14.4 Å². The van der Waals surface area contributed by atoms with Gasteiger partial charge in [-0.1, -0.05) is 26.7 Å². The van der Waals surface area contributed by atoms with Crippen LogP contribution in [0.4, 0.5) is 0 Å². The van der Waals surface area contributed by atoms with E-state index in [1.165, 1.54) is 0 Å². The zero-order valence-corrected chi connectivity index (χ0v) is 19.2. The van der Waals surface area contributed by atoms with Crippen LogP contribution >= 0.6 is 0 Å². The fourth-order valence-electron chi connectivity index (χ4n) is 2.71. The number of ether oxygens (including phenoxy) is 2. The Balaban J connectivity index is 2.66. The van der Waals surface area contributed by atoms with Gasteiger partial charge in [-0.25, -0.2) is 0 Å². The number of benzene rings is 1. The van der Waals surface area contributed by atoms with Crippen molar-refractivity contribution in [2.45, 2.75) is 52.0 Å². The third-order valence-corrected chi connectivity index (χ3v) is 4.54. The molecule has 32 heavy (non-hydrogen) atoms. The van der Waals surface area contributed by atoms with E-state index in [0.717, 1.165) is 25.7 Å². The van der Waals surface area contributed by atoms with Gasteiger partial charge in [-0.05, 0) is 37.1 Å². The molecule has 0 aromatic heterocycles. The predicted octanol–water partition coefficient (Wildman–Crippen LogP) is 1.40. The zero-order valence-electron chi connectivity index (χ0n) is 19.2. The van der Waals surface area contributed by atoms with Crippen molar-refractivity contribution >= 4 is 17.7 Å². The largest absolute Gasteiger partial charge is 0.491 e. The molecule has 4 N–H and O–H groups in total. The molecule has 1 atom stereocenters. The highest BCUT2D eigenvalue weighted by molar-refractivity contribution is 5.99. The second-order valence-corrected chi connectivity index (χ2v) is 7.29. The number of carbonyl (C=O) groups is 3. The monoisotopic (exact) mass is 451 g/mol. The Morgan fingerprint density at radius 1 is 0.938 bits per heavy atom. The van der Waals surface area contributed by atoms with E-state index >= 15 is 0 Å². The number of hydrogen-bond acceptors (Lipinski definition) is 6. The van der Waals surface area contributed by atoms with Crippen LogP contribution in [0.25, 0.3) is 0 Å². The van der Waals surface area contributed by atoms with Crippen LogP contribution in [0.2, 0.25) is 0 Å². The Morgan fingerprint density at radius 3 is 2.22 bits per heavy atom. The Morgan fingerprint density at radius 2 is 1.59 bits per heavy atom. The van der Waals surface area contributed by atoms with Crippen molar-refractivity contribution < 1.29 is 29.0 Å². The van der Waals surface area contributed by atoms with Crippen molar-refractivity contribution in [3.63, 3.8) is 0 Å². The lowest BCUT2D eigenvalue weighted by Crippen LogP contribution is -2.49. The van der Waals surface area contributed by atoms with Crippen LogP contribution in [0.3, 0.4) is 0 Å². The number of amides is 3. The highest BCUT2D eigenvalue weighted by atomic mass is 16.5. The summed E-state index contributed by atoms with van der Waals surface area (Å²) in [5.74, 6) is -0.528. The summed E-state index contributed by atoms with van der Waals surface area (Å²) in [5, 5.41) is 16.9. The van der Waals surface area contributed by atoms with Crippen molar-refractivity contribution in [2.24, 2.45) is 0 Å². The molecule has 0 saturated carbocycles. The summed E-state index contributed by atoms with van der Waals surface area (Å²) in [6.07, 6.45) is 3.43. The Bertz CT molecular complexity index is 681. The molecule has 9 heteroatoms. The average molecular weight is 452 g/mol. The van der Waals surface area contributed by atoms with Gasteiger partial charge >= 0.3 is 0 Å². The average Bonchev–Trinajstić information content (AvgIpc) is 2.79. The van der Waals surface area contributed by atoms with Gasteiger partial charge in [0.2, 0.25) is 11.8 Å². The molecule has 0 aliphatic carbocycles. The minimum absolute atomic E-state index is 0.0399. The minimum atomic E-state index is -0.958. The van der Waals surface area contributed by atoms with Gasteiger partial charge in [0, 0.05) is 18.7 Å². The van der Waals surface area contributed by atoms with Gasteiger partial charge in [-0.2, -0.15) is 0 Å². The Kier molecular flexibility index (Phi) is 14.5.